The van der Waals surface area contributed by atoms with Crippen molar-refractivity contribution in [1.82, 2.24) is 0 Å². The Kier molecular flexibility index (Phi) is 6.70. The zero-order valence-electron chi connectivity index (χ0n) is 10.7. The van der Waals surface area contributed by atoms with Crippen LogP contribution >= 0.6 is 0 Å². The molecule has 0 N–H and O–H groups in total. The van der Waals surface area contributed by atoms with Crippen LogP contribution in [0.25, 0.3) is 0 Å². The normalized spacial score (nSPS) is 24.9. The lowest BCUT2D eigenvalue weighted by Crippen LogP contribution is -2.19. The van der Waals surface area contributed by atoms with Gasteiger partial charge in [0.15, 0.2) is 9.84 Å². The van der Waals surface area contributed by atoms with E-state index in [9.17, 15) is 12.6 Å². The lowest BCUT2D eigenvalue weighted by molar-refractivity contribution is 0.602. The third kappa shape index (κ3) is 6.00. The second kappa shape index (κ2) is 7.52. The predicted molar refractivity (Wildman–Crippen MR) is 73.4 cm³/mol. The fourth-order valence-electron chi connectivity index (χ4n) is 2.16. The van der Waals surface area contributed by atoms with Crippen LogP contribution in [-0.4, -0.2) is 35.1 Å². The van der Waals surface area contributed by atoms with Crippen molar-refractivity contribution in [1.29, 1.82) is 0 Å². The lowest BCUT2D eigenvalue weighted by atomic mass is 10.1. The molecule has 1 aliphatic rings. The molecule has 0 aromatic heterocycles. The number of unbranched alkanes of at least 4 members (excludes halogenated alkanes) is 5. The van der Waals surface area contributed by atoms with Gasteiger partial charge in [0.1, 0.15) is 0 Å². The van der Waals surface area contributed by atoms with E-state index in [2.05, 4.69) is 6.92 Å². The molecule has 1 heterocycles. The average molecular weight is 280 g/mol. The van der Waals surface area contributed by atoms with Gasteiger partial charge in [0.05, 0.1) is 11.5 Å². The molecule has 0 amide bonds. The molecule has 0 unspecified atom stereocenters. The number of rotatable bonds is 8. The van der Waals surface area contributed by atoms with Crippen LogP contribution in [0.4, 0.5) is 0 Å². The summed E-state index contributed by atoms with van der Waals surface area (Å²) in [6.07, 6.45) is 7.72. The molecule has 2 atom stereocenters. The summed E-state index contributed by atoms with van der Waals surface area (Å²) in [5.41, 5.74) is 0. The molecule has 0 radical (unpaired) electrons. The van der Waals surface area contributed by atoms with Crippen molar-refractivity contribution in [3.8, 4) is 0 Å². The average Bonchev–Trinajstić information content (AvgIpc) is 2.64. The summed E-state index contributed by atoms with van der Waals surface area (Å²) in [5.74, 6) is 1.07. The Balaban J connectivity index is 2.10. The minimum absolute atomic E-state index is 0.0874. The van der Waals surface area contributed by atoms with Crippen molar-refractivity contribution in [2.75, 3.05) is 17.3 Å². The Morgan fingerprint density at radius 2 is 1.76 bits per heavy atom. The zero-order valence-corrected chi connectivity index (χ0v) is 12.3. The highest BCUT2D eigenvalue weighted by Crippen LogP contribution is 2.18. The highest BCUT2D eigenvalue weighted by molar-refractivity contribution is 7.94. The van der Waals surface area contributed by atoms with Gasteiger partial charge >= 0.3 is 0 Å². The van der Waals surface area contributed by atoms with Gasteiger partial charge in [-0.25, -0.2) is 8.42 Å². The second-order valence-electron chi connectivity index (χ2n) is 4.88. The fraction of sp³-hybridized carbons (Fsp3) is 1.00. The summed E-state index contributed by atoms with van der Waals surface area (Å²) in [7, 11) is -3.80. The van der Waals surface area contributed by atoms with Gasteiger partial charge in [-0.2, -0.15) is 0 Å². The lowest BCUT2D eigenvalue weighted by Gasteiger charge is -2.07. The van der Waals surface area contributed by atoms with Gasteiger partial charge in [0, 0.05) is 21.8 Å². The molecule has 1 fully saturated rings. The SMILES string of the molecule is CCCCCCCC[S@](=O)[C@@H]1CCS(=O)(=O)C1. The minimum atomic E-state index is -2.88. The Hall–Kier alpha value is 0.1000. The molecule has 1 saturated heterocycles. The first-order chi connectivity index (χ1) is 8.05. The highest BCUT2D eigenvalue weighted by atomic mass is 32.2. The topological polar surface area (TPSA) is 51.2 Å². The molecule has 0 aromatic rings. The molecule has 1 rings (SSSR count). The summed E-state index contributed by atoms with van der Waals surface area (Å²) < 4.78 is 34.4. The second-order valence-corrected chi connectivity index (χ2v) is 8.94. The molecule has 17 heavy (non-hydrogen) atoms. The molecule has 5 heteroatoms. The summed E-state index contributed by atoms with van der Waals surface area (Å²) in [6, 6.07) is 0. The van der Waals surface area contributed by atoms with Crippen LogP contribution < -0.4 is 0 Å². The van der Waals surface area contributed by atoms with Crippen LogP contribution in [0.15, 0.2) is 0 Å². The molecular formula is C12H24O3S2. The Labute approximate surface area is 108 Å². The maximum Gasteiger partial charge on any atom is 0.151 e. The molecule has 0 aromatic carbocycles. The van der Waals surface area contributed by atoms with Crippen molar-refractivity contribution in [2.24, 2.45) is 0 Å². The maximum atomic E-state index is 11.9. The van der Waals surface area contributed by atoms with Crippen molar-refractivity contribution in [2.45, 2.75) is 57.1 Å². The predicted octanol–water partition coefficient (Wildman–Crippen LogP) is 2.28. The summed E-state index contributed by atoms with van der Waals surface area (Å²) in [6.45, 7) is 2.19. The Morgan fingerprint density at radius 3 is 2.35 bits per heavy atom. The van der Waals surface area contributed by atoms with E-state index < -0.39 is 20.6 Å². The monoisotopic (exact) mass is 280 g/mol. The van der Waals surface area contributed by atoms with Gasteiger partial charge < -0.3 is 0 Å². The van der Waals surface area contributed by atoms with E-state index in [1.165, 1.54) is 25.7 Å². The molecule has 1 aliphatic heterocycles. The van der Waals surface area contributed by atoms with E-state index in [4.69, 9.17) is 0 Å². The quantitative estimate of drug-likeness (QED) is 0.641. The van der Waals surface area contributed by atoms with Gasteiger partial charge in [-0.15, -0.1) is 0 Å². The van der Waals surface area contributed by atoms with Gasteiger partial charge in [-0.1, -0.05) is 39.0 Å². The highest BCUT2D eigenvalue weighted by Gasteiger charge is 2.31. The van der Waals surface area contributed by atoms with Crippen LogP contribution in [0.2, 0.25) is 0 Å². The van der Waals surface area contributed by atoms with E-state index in [0.29, 0.717) is 12.2 Å². The van der Waals surface area contributed by atoms with Gasteiger partial charge in [0.25, 0.3) is 0 Å². The van der Waals surface area contributed by atoms with Crippen molar-refractivity contribution in [3.63, 3.8) is 0 Å². The molecule has 0 saturated carbocycles. The molecule has 0 bridgehead atoms. The van der Waals surface area contributed by atoms with E-state index in [0.717, 1.165) is 12.8 Å². The molecular weight excluding hydrogens is 256 g/mol. The van der Waals surface area contributed by atoms with Crippen molar-refractivity contribution >= 4 is 20.6 Å². The van der Waals surface area contributed by atoms with Crippen LogP contribution in [0.1, 0.15) is 51.9 Å². The molecule has 0 spiro atoms. The summed E-state index contributed by atoms with van der Waals surface area (Å²) >= 11 is 0. The minimum Gasteiger partial charge on any atom is -0.259 e. The standard InChI is InChI=1S/C12H24O3S2/c1-2-3-4-5-6-7-9-16(13)12-8-10-17(14,15)11-12/h12H,2-11H2,1H3/t12-,16+/m1/s1. The fourth-order valence-corrected chi connectivity index (χ4v) is 6.28. The largest absolute Gasteiger partial charge is 0.259 e. The van der Waals surface area contributed by atoms with E-state index in [1.54, 1.807) is 0 Å². The third-order valence-electron chi connectivity index (χ3n) is 3.26. The van der Waals surface area contributed by atoms with Crippen LogP contribution in [0, 0.1) is 0 Å². The summed E-state index contributed by atoms with van der Waals surface area (Å²) in [5, 5.41) is -0.0874. The van der Waals surface area contributed by atoms with E-state index >= 15 is 0 Å². The van der Waals surface area contributed by atoms with Gasteiger partial charge in [-0.3, -0.25) is 4.21 Å². The van der Waals surface area contributed by atoms with Crippen LogP contribution in [0.3, 0.4) is 0 Å². The summed E-state index contributed by atoms with van der Waals surface area (Å²) in [4.78, 5) is 0. The molecule has 0 aliphatic carbocycles. The van der Waals surface area contributed by atoms with Crippen LogP contribution in [0.5, 0.6) is 0 Å². The maximum absolute atomic E-state index is 11.9. The number of hydrogen-bond donors (Lipinski definition) is 0. The third-order valence-corrected chi connectivity index (χ3v) is 7.08. The number of hydrogen-bond acceptors (Lipinski definition) is 3. The smallest absolute Gasteiger partial charge is 0.151 e. The first-order valence-electron chi connectivity index (χ1n) is 6.63. The van der Waals surface area contributed by atoms with Gasteiger partial charge in [-0.05, 0) is 12.8 Å². The van der Waals surface area contributed by atoms with Crippen LogP contribution in [-0.2, 0) is 20.6 Å². The van der Waals surface area contributed by atoms with Crippen molar-refractivity contribution in [3.05, 3.63) is 0 Å². The first-order valence-corrected chi connectivity index (χ1v) is 9.83. The van der Waals surface area contributed by atoms with Crippen molar-refractivity contribution < 1.29 is 12.6 Å². The van der Waals surface area contributed by atoms with E-state index in [1.807, 2.05) is 0 Å². The Bertz CT molecular complexity index is 336. The first kappa shape index (κ1) is 15.2. The molecule has 102 valence electrons. The molecule has 3 nitrogen and oxygen atoms in total. The number of sulfone groups is 1. The van der Waals surface area contributed by atoms with Gasteiger partial charge in [0.2, 0.25) is 0 Å². The Morgan fingerprint density at radius 1 is 1.12 bits per heavy atom. The zero-order chi connectivity index (χ0) is 12.7. The van der Waals surface area contributed by atoms with E-state index in [-0.39, 0.29) is 16.8 Å².